The largest absolute Gasteiger partial charge is 0.465 e. The average Bonchev–Trinajstić information content (AvgIpc) is 3.52. The van der Waals surface area contributed by atoms with E-state index in [1.54, 1.807) is 6.08 Å². The number of rotatable bonds is 3. The fourth-order valence-electron chi connectivity index (χ4n) is 9.23. The van der Waals surface area contributed by atoms with Crippen molar-refractivity contribution >= 4 is 17.7 Å². The zero-order chi connectivity index (χ0) is 25.3. The van der Waals surface area contributed by atoms with Gasteiger partial charge in [0.15, 0.2) is 19.4 Å². The minimum absolute atomic E-state index is 0.0545. The Bertz CT molecular complexity index is 994. The third-order valence-electron chi connectivity index (χ3n) is 10.5. The van der Waals surface area contributed by atoms with Crippen LogP contribution in [-0.4, -0.2) is 62.0 Å². The molecule has 9 heteroatoms. The lowest BCUT2D eigenvalue weighted by Crippen LogP contribution is -2.67. The third-order valence-corrected chi connectivity index (χ3v) is 10.5. The van der Waals surface area contributed by atoms with Crippen molar-refractivity contribution < 1.29 is 42.8 Å². The summed E-state index contributed by atoms with van der Waals surface area (Å²) in [6.07, 6.45) is 6.27. The molecule has 6 aliphatic rings. The quantitative estimate of drug-likeness (QED) is 0.536. The molecule has 198 valence electrons. The molecule has 5 fully saturated rings. The van der Waals surface area contributed by atoms with Crippen LogP contribution in [0.3, 0.4) is 0 Å². The van der Waals surface area contributed by atoms with Crippen LogP contribution < -0.4 is 0 Å². The maximum absolute atomic E-state index is 12.5. The van der Waals surface area contributed by atoms with Gasteiger partial charge in [-0.2, -0.15) is 0 Å². The first kappa shape index (κ1) is 24.5. The second-order valence-corrected chi connectivity index (χ2v) is 11.8. The van der Waals surface area contributed by atoms with Crippen molar-refractivity contribution in [2.75, 3.05) is 26.8 Å². The highest BCUT2D eigenvalue weighted by Gasteiger charge is 2.77. The van der Waals surface area contributed by atoms with E-state index in [-0.39, 0.29) is 61.1 Å². The second kappa shape index (κ2) is 8.35. The second-order valence-electron chi connectivity index (χ2n) is 11.8. The van der Waals surface area contributed by atoms with Crippen LogP contribution in [0.4, 0.5) is 0 Å². The fourth-order valence-corrected chi connectivity index (χ4v) is 9.23. The Morgan fingerprint density at radius 3 is 2.58 bits per heavy atom. The van der Waals surface area contributed by atoms with Crippen LogP contribution in [0.1, 0.15) is 65.7 Å². The van der Waals surface area contributed by atoms with Crippen LogP contribution >= 0.6 is 0 Å². The lowest BCUT2D eigenvalue weighted by atomic mass is 9.44. The normalized spacial score (nSPS) is 47.3. The van der Waals surface area contributed by atoms with E-state index in [9.17, 15) is 14.4 Å². The van der Waals surface area contributed by atoms with Crippen LogP contribution in [0.2, 0.25) is 0 Å². The first-order valence-corrected chi connectivity index (χ1v) is 13.2. The summed E-state index contributed by atoms with van der Waals surface area (Å²) in [5, 5.41) is 0. The predicted molar refractivity (Wildman–Crippen MR) is 123 cm³/mol. The van der Waals surface area contributed by atoms with Gasteiger partial charge in [-0.3, -0.25) is 14.4 Å². The van der Waals surface area contributed by atoms with E-state index in [2.05, 4.69) is 6.92 Å². The predicted octanol–water partition coefficient (Wildman–Crippen LogP) is 3.05. The van der Waals surface area contributed by atoms with Gasteiger partial charge in [-0.05, 0) is 56.4 Å². The molecular weight excluding hydrogens is 468 g/mol. The Morgan fingerprint density at radius 2 is 1.86 bits per heavy atom. The number of hydrogen-bond acceptors (Lipinski definition) is 9. The molecule has 8 atom stereocenters. The van der Waals surface area contributed by atoms with Crippen LogP contribution in [0.25, 0.3) is 0 Å². The van der Waals surface area contributed by atoms with Crippen molar-refractivity contribution in [2.45, 2.75) is 83.2 Å². The molecule has 9 nitrogen and oxygen atoms in total. The first-order chi connectivity index (χ1) is 17.2. The Kier molecular flexibility index (Phi) is 5.69. The Labute approximate surface area is 211 Å². The highest BCUT2D eigenvalue weighted by atomic mass is 16.9. The summed E-state index contributed by atoms with van der Waals surface area (Å²) in [5.74, 6) is -1.11. The molecule has 4 aliphatic carbocycles. The molecule has 1 unspecified atom stereocenters. The summed E-state index contributed by atoms with van der Waals surface area (Å²) in [7, 11) is 0. The highest BCUT2D eigenvalue weighted by Crippen LogP contribution is 2.72. The molecule has 0 aromatic heterocycles. The number of ether oxygens (including phenoxy) is 6. The SMILES string of the molecule is CC(=O)OC[C@]12CCC(=O)C=C1CC[C@@H]1[C@@H]2[C@@H](OC(C)=O)C[C@@]2(C)[C@H]1CC[C@@]21OCOC12COCO2. The molecule has 0 amide bonds. The summed E-state index contributed by atoms with van der Waals surface area (Å²) < 4.78 is 36.1. The molecule has 0 N–H and O–H groups in total. The standard InChI is InChI=1S/C27H36O9/c1-16(28)32-12-25-8-6-19(30)10-18(25)4-5-20-21-7-9-26(27(35-15-33-26)13-31-14-34-27)24(21,3)11-22(23(20)25)36-17(2)29/h10,20-23H,4-9,11-15H2,1-3H3/t20-,21-,22-,23+,24-,25+,26+,27?/m0/s1. The smallest absolute Gasteiger partial charge is 0.302 e. The summed E-state index contributed by atoms with van der Waals surface area (Å²) >= 11 is 0. The van der Waals surface area contributed by atoms with Crippen LogP contribution in [0.5, 0.6) is 0 Å². The molecule has 0 bridgehead atoms. The van der Waals surface area contributed by atoms with Gasteiger partial charge in [-0.1, -0.05) is 12.5 Å². The Hall–Kier alpha value is -1.81. The van der Waals surface area contributed by atoms with Crippen LogP contribution in [0, 0.1) is 28.6 Å². The number of carbonyl (C=O) groups excluding carboxylic acids is 3. The van der Waals surface area contributed by atoms with Crippen LogP contribution in [-0.2, 0) is 42.8 Å². The monoisotopic (exact) mass is 504 g/mol. The van der Waals surface area contributed by atoms with E-state index >= 15 is 0 Å². The average molecular weight is 505 g/mol. The van der Waals surface area contributed by atoms with Gasteiger partial charge in [-0.15, -0.1) is 0 Å². The van der Waals surface area contributed by atoms with E-state index in [0.717, 1.165) is 31.3 Å². The van der Waals surface area contributed by atoms with Gasteiger partial charge < -0.3 is 28.4 Å². The minimum Gasteiger partial charge on any atom is -0.465 e. The van der Waals surface area contributed by atoms with Crippen molar-refractivity contribution in [1.82, 2.24) is 0 Å². The molecule has 0 aromatic rings. The van der Waals surface area contributed by atoms with Gasteiger partial charge in [0.05, 0.1) is 0 Å². The Morgan fingerprint density at radius 1 is 1.06 bits per heavy atom. The molecule has 36 heavy (non-hydrogen) atoms. The molecule has 2 saturated heterocycles. The van der Waals surface area contributed by atoms with Gasteiger partial charge in [0.1, 0.15) is 24.9 Å². The Balaban J connectivity index is 1.45. The lowest BCUT2D eigenvalue weighted by molar-refractivity contribution is -0.260. The number of ketones is 1. The maximum Gasteiger partial charge on any atom is 0.302 e. The van der Waals surface area contributed by atoms with E-state index in [0.29, 0.717) is 25.9 Å². The van der Waals surface area contributed by atoms with E-state index in [4.69, 9.17) is 28.4 Å². The zero-order valence-electron chi connectivity index (χ0n) is 21.3. The molecule has 3 saturated carbocycles. The zero-order valence-corrected chi connectivity index (χ0v) is 21.3. The van der Waals surface area contributed by atoms with Gasteiger partial charge in [0, 0.05) is 37.0 Å². The van der Waals surface area contributed by atoms with E-state index < -0.39 is 22.9 Å². The lowest BCUT2D eigenvalue weighted by Gasteiger charge is -2.62. The topological polar surface area (TPSA) is 107 Å². The number of carbonyl (C=O) groups is 3. The van der Waals surface area contributed by atoms with Crippen molar-refractivity contribution in [3.63, 3.8) is 0 Å². The first-order valence-electron chi connectivity index (χ1n) is 13.2. The number of hydrogen-bond donors (Lipinski definition) is 0. The summed E-state index contributed by atoms with van der Waals surface area (Å²) in [4.78, 5) is 36.8. The molecule has 2 heterocycles. The highest BCUT2D eigenvalue weighted by molar-refractivity contribution is 5.91. The molecular formula is C27H36O9. The summed E-state index contributed by atoms with van der Waals surface area (Å²) in [6, 6.07) is 0. The minimum atomic E-state index is -0.962. The van der Waals surface area contributed by atoms with Gasteiger partial charge >= 0.3 is 11.9 Å². The van der Waals surface area contributed by atoms with Crippen molar-refractivity contribution in [3.05, 3.63) is 11.6 Å². The maximum atomic E-state index is 12.5. The molecule has 6 rings (SSSR count). The molecule has 0 aromatic carbocycles. The van der Waals surface area contributed by atoms with Crippen LogP contribution in [0.15, 0.2) is 11.6 Å². The van der Waals surface area contributed by atoms with Crippen molar-refractivity contribution in [1.29, 1.82) is 0 Å². The van der Waals surface area contributed by atoms with Crippen molar-refractivity contribution in [3.8, 4) is 0 Å². The van der Waals surface area contributed by atoms with Gasteiger partial charge in [0.2, 0.25) is 5.79 Å². The molecule has 0 radical (unpaired) electrons. The number of fused-ring (bicyclic) bond motifs is 7. The number of esters is 2. The third kappa shape index (κ3) is 3.18. The summed E-state index contributed by atoms with van der Waals surface area (Å²) in [5.41, 5.74) is -0.560. The van der Waals surface area contributed by atoms with Gasteiger partial charge in [0.25, 0.3) is 0 Å². The molecule has 2 aliphatic heterocycles. The van der Waals surface area contributed by atoms with E-state index in [1.165, 1.54) is 13.8 Å². The van der Waals surface area contributed by atoms with Gasteiger partial charge in [-0.25, -0.2) is 0 Å². The summed E-state index contributed by atoms with van der Waals surface area (Å²) in [6.45, 7) is 5.92. The van der Waals surface area contributed by atoms with E-state index in [1.807, 2.05) is 0 Å². The molecule has 2 spiro atoms. The fraction of sp³-hybridized carbons (Fsp3) is 0.815. The van der Waals surface area contributed by atoms with Crippen molar-refractivity contribution in [2.24, 2.45) is 28.6 Å².